The molecule has 160 valence electrons. The first-order chi connectivity index (χ1) is 15.5. The van der Waals surface area contributed by atoms with E-state index in [1.165, 1.54) is 5.56 Å². The molecule has 4 nitrogen and oxygen atoms in total. The summed E-state index contributed by atoms with van der Waals surface area (Å²) in [6.45, 7) is 4.89. The number of aromatic amines is 1. The van der Waals surface area contributed by atoms with Crippen LogP contribution in [0.25, 0.3) is 11.3 Å². The fourth-order valence-corrected chi connectivity index (χ4v) is 4.50. The van der Waals surface area contributed by atoms with Gasteiger partial charge in [-0.15, -0.1) is 0 Å². The summed E-state index contributed by atoms with van der Waals surface area (Å²) in [5.41, 5.74) is 6.65. The Labute approximate surface area is 192 Å². The molecule has 0 saturated heterocycles. The number of H-pyrrole nitrogens is 1. The predicted molar refractivity (Wildman–Crippen MR) is 128 cm³/mol. The van der Waals surface area contributed by atoms with Gasteiger partial charge in [0.05, 0.1) is 11.7 Å². The van der Waals surface area contributed by atoms with Crippen molar-refractivity contribution in [1.29, 1.82) is 0 Å². The van der Waals surface area contributed by atoms with Gasteiger partial charge in [-0.2, -0.15) is 5.10 Å². The molecule has 1 atom stereocenters. The molecule has 32 heavy (non-hydrogen) atoms. The van der Waals surface area contributed by atoms with Gasteiger partial charge < -0.3 is 4.90 Å². The van der Waals surface area contributed by atoms with E-state index in [9.17, 15) is 4.79 Å². The van der Waals surface area contributed by atoms with Crippen molar-refractivity contribution in [2.75, 3.05) is 0 Å². The lowest BCUT2D eigenvalue weighted by Crippen LogP contribution is -2.29. The van der Waals surface area contributed by atoms with Gasteiger partial charge in [-0.1, -0.05) is 92.2 Å². The van der Waals surface area contributed by atoms with Gasteiger partial charge in [0, 0.05) is 22.7 Å². The zero-order chi connectivity index (χ0) is 22.2. The third kappa shape index (κ3) is 3.61. The average Bonchev–Trinajstić information content (AvgIpc) is 3.34. The van der Waals surface area contributed by atoms with E-state index in [0.29, 0.717) is 23.2 Å². The Hall–Kier alpha value is -3.37. The summed E-state index contributed by atoms with van der Waals surface area (Å²) in [7, 11) is 0. The molecule has 0 radical (unpaired) electrons. The Morgan fingerprint density at radius 3 is 2.31 bits per heavy atom. The minimum absolute atomic E-state index is 0.0329. The van der Waals surface area contributed by atoms with Crippen LogP contribution in [-0.4, -0.2) is 21.0 Å². The van der Waals surface area contributed by atoms with Gasteiger partial charge >= 0.3 is 0 Å². The minimum Gasteiger partial charge on any atom is -0.322 e. The average molecular weight is 442 g/mol. The second-order valence-corrected chi connectivity index (χ2v) is 8.95. The molecule has 4 aromatic rings. The van der Waals surface area contributed by atoms with Gasteiger partial charge in [-0.25, -0.2) is 0 Å². The molecular formula is C27H24ClN3O. The molecule has 0 saturated carbocycles. The second kappa shape index (κ2) is 8.29. The number of carbonyl (C=O) groups excluding carboxylic acids is 1. The number of nitrogens with one attached hydrogen (secondary N) is 1. The van der Waals surface area contributed by atoms with E-state index in [4.69, 9.17) is 11.6 Å². The smallest absolute Gasteiger partial charge is 0.273 e. The first kappa shape index (κ1) is 20.5. The van der Waals surface area contributed by atoms with Crippen LogP contribution in [0.1, 0.15) is 58.5 Å². The van der Waals surface area contributed by atoms with Gasteiger partial charge in [-0.3, -0.25) is 9.89 Å². The highest BCUT2D eigenvalue weighted by Crippen LogP contribution is 2.43. The van der Waals surface area contributed by atoms with Gasteiger partial charge in [0.2, 0.25) is 0 Å². The maximum Gasteiger partial charge on any atom is 0.273 e. The maximum absolute atomic E-state index is 13.5. The zero-order valence-corrected chi connectivity index (χ0v) is 18.8. The number of hydrogen-bond donors (Lipinski definition) is 1. The zero-order valence-electron chi connectivity index (χ0n) is 18.0. The summed E-state index contributed by atoms with van der Waals surface area (Å²) in [5, 5.41) is 8.23. The van der Waals surface area contributed by atoms with Crippen LogP contribution < -0.4 is 0 Å². The molecule has 5 rings (SSSR count). The highest BCUT2D eigenvalue weighted by atomic mass is 35.5. The molecule has 0 spiro atoms. The van der Waals surface area contributed by atoms with Gasteiger partial charge in [0.1, 0.15) is 5.69 Å². The van der Waals surface area contributed by atoms with Crippen LogP contribution >= 0.6 is 11.6 Å². The van der Waals surface area contributed by atoms with Gasteiger partial charge in [0.15, 0.2) is 0 Å². The first-order valence-electron chi connectivity index (χ1n) is 10.8. The fourth-order valence-electron chi connectivity index (χ4n) is 4.38. The number of hydrogen-bond acceptors (Lipinski definition) is 2. The Kier molecular flexibility index (Phi) is 5.32. The number of nitrogens with zero attached hydrogens (tertiary/aromatic N) is 2. The van der Waals surface area contributed by atoms with Crippen molar-refractivity contribution in [2.45, 2.75) is 32.4 Å². The molecular weight excluding hydrogens is 418 g/mol. The third-order valence-corrected chi connectivity index (χ3v) is 6.35. The van der Waals surface area contributed by atoms with Gasteiger partial charge in [-0.05, 0) is 34.7 Å². The molecule has 1 N–H and O–H groups in total. The lowest BCUT2D eigenvalue weighted by molar-refractivity contribution is 0.0730. The molecule has 1 unspecified atom stereocenters. The second-order valence-electron chi connectivity index (χ2n) is 8.51. The van der Waals surface area contributed by atoms with Crippen molar-refractivity contribution >= 4 is 17.5 Å². The van der Waals surface area contributed by atoms with Crippen LogP contribution in [-0.2, 0) is 6.54 Å². The van der Waals surface area contributed by atoms with Crippen molar-refractivity contribution in [3.8, 4) is 11.3 Å². The third-order valence-electron chi connectivity index (χ3n) is 6.10. The van der Waals surface area contributed by atoms with Crippen LogP contribution in [0, 0.1) is 0 Å². The number of amides is 1. The Morgan fingerprint density at radius 1 is 0.969 bits per heavy atom. The number of halogens is 1. The van der Waals surface area contributed by atoms with E-state index in [1.807, 2.05) is 47.4 Å². The summed E-state index contributed by atoms with van der Waals surface area (Å²) in [5.74, 6) is 0.415. The summed E-state index contributed by atoms with van der Waals surface area (Å²) < 4.78 is 0. The molecule has 3 aromatic carbocycles. The summed E-state index contributed by atoms with van der Waals surface area (Å²) in [4.78, 5) is 15.4. The van der Waals surface area contributed by atoms with Crippen LogP contribution in [0.5, 0.6) is 0 Å². The Morgan fingerprint density at radius 2 is 1.66 bits per heavy atom. The van der Waals surface area contributed by atoms with Gasteiger partial charge in [0.25, 0.3) is 5.91 Å². The van der Waals surface area contributed by atoms with E-state index in [0.717, 1.165) is 27.9 Å². The summed E-state index contributed by atoms with van der Waals surface area (Å²) in [6, 6.07) is 26.1. The summed E-state index contributed by atoms with van der Waals surface area (Å²) >= 11 is 6.10. The van der Waals surface area contributed by atoms with E-state index in [-0.39, 0.29) is 11.9 Å². The first-order valence-corrected chi connectivity index (χ1v) is 11.2. The lowest BCUT2D eigenvalue weighted by Gasteiger charge is -2.27. The molecule has 1 amide bonds. The standard InChI is InChI=1S/C27H24ClN3O/c1-17(2)19-8-10-21(11-9-19)26-23-24(20-12-14-22(28)15-13-20)29-30-25(23)27(32)31(26)16-18-6-4-3-5-7-18/h3-15,17,26H,16H2,1-2H3,(H,29,30). The SMILES string of the molecule is CC(C)c1ccc(C2c3c(-c4ccc(Cl)cc4)n[nH]c3C(=O)N2Cc2ccccc2)cc1. The van der Waals surface area contributed by atoms with Crippen LogP contribution in [0.15, 0.2) is 78.9 Å². The van der Waals surface area contributed by atoms with E-state index < -0.39 is 0 Å². The van der Waals surface area contributed by atoms with Crippen LogP contribution in [0.4, 0.5) is 0 Å². The minimum atomic E-state index is -0.219. The normalized spacial score (nSPS) is 15.4. The largest absolute Gasteiger partial charge is 0.322 e. The van der Waals surface area contributed by atoms with Crippen molar-refractivity contribution in [2.24, 2.45) is 0 Å². The summed E-state index contributed by atoms with van der Waals surface area (Å²) in [6.07, 6.45) is 0. The maximum atomic E-state index is 13.5. The number of rotatable bonds is 5. The van der Waals surface area contributed by atoms with Crippen molar-refractivity contribution < 1.29 is 4.79 Å². The van der Waals surface area contributed by atoms with Crippen molar-refractivity contribution in [3.63, 3.8) is 0 Å². The van der Waals surface area contributed by atoms with E-state index in [2.05, 4.69) is 60.4 Å². The highest BCUT2D eigenvalue weighted by Gasteiger charge is 2.42. The van der Waals surface area contributed by atoms with Crippen LogP contribution in [0.3, 0.4) is 0 Å². The Balaban J connectivity index is 1.63. The topological polar surface area (TPSA) is 49.0 Å². The molecule has 5 heteroatoms. The quantitative estimate of drug-likeness (QED) is 0.379. The molecule has 1 aliphatic heterocycles. The predicted octanol–water partition coefficient (Wildman–Crippen LogP) is 6.60. The lowest BCUT2D eigenvalue weighted by atomic mass is 9.93. The van der Waals surface area contributed by atoms with E-state index in [1.54, 1.807) is 0 Å². The van der Waals surface area contributed by atoms with Crippen molar-refractivity contribution in [1.82, 2.24) is 15.1 Å². The number of benzene rings is 3. The molecule has 0 fully saturated rings. The molecule has 2 heterocycles. The number of aromatic nitrogens is 2. The molecule has 0 aliphatic carbocycles. The number of carbonyl (C=O) groups is 1. The monoisotopic (exact) mass is 441 g/mol. The number of fused-ring (bicyclic) bond motifs is 1. The van der Waals surface area contributed by atoms with E-state index >= 15 is 0 Å². The molecule has 1 aliphatic rings. The fraction of sp³-hybridized carbons (Fsp3) is 0.185. The molecule has 1 aromatic heterocycles. The van der Waals surface area contributed by atoms with Crippen LogP contribution in [0.2, 0.25) is 5.02 Å². The Bertz CT molecular complexity index is 1240. The highest BCUT2D eigenvalue weighted by molar-refractivity contribution is 6.30. The van der Waals surface area contributed by atoms with Crippen molar-refractivity contribution in [3.05, 3.63) is 112 Å². The molecule has 0 bridgehead atoms.